The second-order valence-electron chi connectivity index (χ2n) is 5.59. The van der Waals surface area contributed by atoms with Crippen molar-refractivity contribution < 1.29 is 5.11 Å². The van der Waals surface area contributed by atoms with E-state index in [1.807, 2.05) is 13.0 Å². The average molecular weight is 284 g/mol. The molecule has 0 amide bonds. The summed E-state index contributed by atoms with van der Waals surface area (Å²) in [6.45, 7) is 4.62. The van der Waals surface area contributed by atoms with Crippen molar-refractivity contribution in [1.82, 2.24) is 9.97 Å². The molecule has 5 heteroatoms. The molecule has 1 aromatic heterocycles. The molecule has 1 aliphatic carbocycles. The molecule has 1 fully saturated rings. The molecule has 0 aliphatic heterocycles. The van der Waals surface area contributed by atoms with Crippen LogP contribution in [-0.4, -0.2) is 27.2 Å². The molecule has 2 rings (SSSR count). The minimum absolute atomic E-state index is 0.240. The third kappa shape index (κ3) is 4.05. The van der Waals surface area contributed by atoms with Gasteiger partial charge in [0.15, 0.2) is 0 Å². The summed E-state index contributed by atoms with van der Waals surface area (Å²) in [6.07, 6.45) is 5.15. The number of aliphatic hydroxyl groups is 1. The highest BCUT2D eigenvalue weighted by molar-refractivity contribution is 6.28. The van der Waals surface area contributed by atoms with Crippen LogP contribution in [0.25, 0.3) is 0 Å². The molecule has 1 heterocycles. The number of hydrogen-bond acceptors (Lipinski definition) is 4. The Bertz CT molecular complexity index is 410. The minimum Gasteiger partial charge on any atom is -0.388 e. The maximum Gasteiger partial charge on any atom is 0.224 e. The van der Waals surface area contributed by atoms with E-state index in [0.29, 0.717) is 12.4 Å². The molecule has 2 N–H and O–H groups in total. The summed E-state index contributed by atoms with van der Waals surface area (Å²) in [4.78, 5) is 8.13. The standard InChI is InChI=1S/C14H22ClN3O/c1-3-11-4-6-14(19,7-5-11)9-16-12-8-10(2)17-13(15)18-12/h8,11,19H,3-7,9H2,1-2H3,(H,16,17,18). The lowest BCUT2D eigenvalue weighted by molar-refractivity contribution is 0.00222. The van der Waals surface area contributed by atoms with Gasteiger partial charge in [0, 0.05) is 18.3 Å². The zero-order chi connectivity index (χ0) is 13.9. The maximum atomic E-state index is 10.5. The van der Waals surface area contributed by atoms with Gasteiger partial charge in [-0.3, -0.25) is 0 Å². The van der Waals surface area contributed by atoms with Crippen LogP contribution in [-0.2, 0) is 0 Å². The summed E-state index contributed by atoms with van der Waals surface area (Å²) >= 11 is 5.82. The molecule has 0 atom stereocenters. The van der Waals surface area contributed by atoms with Gasteiger partial charge in [0.05, 0.1) is 5.60 Å². The highest BCUT2D eigenvalue weighted by Crippen LogP contribution is 2.33. The van der Waals surface area contributed by atoms with E-state index in [1.165, 1.54) is 6.42 Å². The first-order chi connectivity index (χ1) is 9.00. The van der Waals surface area contributed by atoms with Crippen molar-refractivity contribution in [2.45, 2.75) is 51.6 Å². The number of nitrogens with one attached hydrogen (secondary N) is 1. The van der Waals surface area contributed by atoms with E-state index in [0.717, 1.165) is 37.3 Å². The van der Waals surface area contributed by atoms with E-state index in [2.05, 4.69) is 22.2 Å². The fourth-order valence-electron chi connectivity index (χ4n) is 2.68. The van der Waals surface area contributed by atoms with Gasteiger partial charge in [-0.05, 0) is 50.1 Å². The molecule has 1 aliphatic rings. The molecule has 4 nitrogen and oxygen atoms in total. The fraction of sp³-hybridized carbons (Fsp3) is 0.714. The van der Waals surface area contributed by atoms with E-state index in [-0.39, 0.29) is 5.28 Å². The van der Waals surface area contributed by atoms with Crippen LogP contribution in [0.15, 0.2) is 6.07 Å². The predicted molar refractivity (Wildman–Crippen MR) is 77.5 cm³/mol. The Morgan fingerprint density at radius 3 is 2.68 bits per heavy atom. The van der Waals surface area contributed by atoms with Crippen molar-refractivity contribution in [2.24, 2.45) is 5.92 Å². The molecule has 1 saturated carbocycles. The van der Waals surface area contributed by atoms with Crippen LogP contribution in [0.4, 0.5) is 5.82 Å². The van der Waals surface area contributed by atoms with Gasteiger partial charge < -0.3 is 10.4 Å². The van der Waals surface area contributed by atoms with Gasteiger partial charge in [0.1, 0.15) is 5.82 Å². The molecule has 0 bridgehead atoms. The van der Waals surface area contributed by atoms with Crippen molar-refractivity contribution in [3.05, 3.63) is 17.0 Å². The zero-order valence-electron chi connectivity index (χ0n) is 11.6. The number of nitrogens with zero attached hydrogens (tertiary/aromatic N) is 2. The van der Waals surface area contributed by atoms with E-state index in [9.17, 15) is 5.11 Å². The Balaban J connectivity index is 1.91. The molecule has 0 spiro atoms. The smallest absolute Gasteiger partial charge is 0.224 e. The Morgan fingerprint density at radius 1 is 1.42 bits per heavy atom. The quantitative estimate of drug-likeness (QED) is 0.833. The maximum absolute atomic E-state index is 10.5. The number of hydrogen-bond donors (Lipinski definition) is 2. The van der Waals surface area contributed by atoms with Crippen LogP contribution in [0.5, 0.6) is 0 Å². The van der Waals surface area contributed by atoms with Crippen LogP contribution < -0.4 is 5.32 Å². The fourth-order valence-corrected chi connectivity index (χ4v) is 2.90. The molecule has 0 radical (unpaired) electrons. The van der Waals surface area contributed by atoms with E-state index >= 15 is 0 Å². The van der Waals surface area contributed by atoms with Crippen LogP contribution in [0.3, 0.4) is 0 Å². The Hall–Kier alpha value is -0.870. The van der Waals surface area contributed by atoms with Gasteiger partial charge in [0.25, 0.3) is 0 Å². The van der Waals surface area contributed by atoms with Gasteiger partial charge in [-0.2, -0.15) is 0 Å². The normalized spacial score (nSPS) is 27.3. The molecule has 0 unspecified atom stereocenters. The molecule has 0 saturated heterocycles. The largest absolute Gasteiger partial charge is 0.388 e. The summed E-state index contributed by atoms with van der Waals surface area (Å²) < 4.78 is 0. The third-order valence-corrected chi connectivity index (χ3v) is 4.21. The predicted octanol–water partition coefficient (Wildman–Crippen LogP) is 3.18. The lowest BCUT2D eigenvalue weighted by Crippen LogP contribution is -2.40. The molecule has 106 valence electrons. The SMILES string of the molecule is CCC1CCC(O)(CNc2cc(C)nc(Cl)n2)CC1. The van der Waals surface area contributed by atoms with Crippen LogP contribution in [0, 0.1) is 12.8 Å². The molecule has 0 aromatic carbocycles. The summed E-state index contributed by atoms with van der Waals surface area (Å²) in [5.41, 5.74) is 0.209. The Morgan fingerprint density at radius 2 is 2.11 bits per heavy atom. The number of aryl methyl sites for hydroxylation is 1. The van der Waals surface area contributed by atoms with E-state index in [1.54, 1.807) is 0 Å². The topological polar surface area (TPSA) is 58.0 Å². The second-order valence-corrected chi connectivity index (χ2v) is 5.93. The van der Waals surface area contributed by atoms with Crippen molar-refractivity contribution in [1.29, 1.82) is 0 Å². The molecular weight excluding hydrogens is 262 g/mol. The van der Waals surface area contributed by atoms with Gasteiger partial charge in [0.2, 0.25) is 5.28 Å². The summed E-state index contributed by atoms with van der Waals surface area (Å²) in [5.74, 6) is 1.46. The summed E-state index contributed by atoms with van der Waals surface area (Å²) in [6, 6.07) is 1.84. The lowest BCUT2D eigenvalue weighted by atomic mass is 9.78. The van der Waals surface area contributed by atoms with Gasteiger partial charge >= 0.3 is 0 Å². The first-order valence-corrected chi connectivity index (χ1v) is 7.36. The Labute approximate surface area is 119 Å². The Kier molecular flexibility index (Phi) is 4.63. The summed E-state index contributed by atoms with van der Waals surface area (Å²) in [7, 11) is 0. The summed E-state index contributed by atoms with van der Waals surface area (Å²) in [5, 5.41) is 14.0. The third-order valence-electron chi connectivity index (χ3n) is 4.04. The van der Waals surface area contributed by atoms with Gasteiger partial charge in [-0.1, -0.05) is 13.3 Å². The number of halogens is 1. The monoisotopic (exact) mass is 283 g/mol. The first kappa shape index (κ1) is 14.5. The van der Waals surface area contributed by atoms with Crippen molar-refractivity contribution in [2.75, 3.05) is 11.9 Å². The highest BCUT2D eigenvalue weighted by Gasteiger charge is 2.32. The van der Waals surface area contributed by atoms with E-state index < -0.39 is 5.60 Å². The number of aromatic nitrogens is 2. The van der Waals surface area contributed by atoms with Gasteiger partial charge in [-0.15, -0.1) is 0 Å². The van der Waals surface area contributed by atoms with Crippen molar-refractivity contribution in [3.8, 4) is 0 Å². The number of anilines is 1. The van der Waals surface area contributed by atoms with E-state index in [4.69, 9.17) is 11.6 Å². The van der Waals surface area contributed by atoms with Crippen LogP contribution in [0.1, 0.15) is 44.7 Å². The van der Waals surface area contributed by atoms with Crippen molar-refractivity contribution >= 4 is 17.4 Å². The van der Waals surface area contributed by atoms with Crippen LogP contribution in [0.2, 0.25) is 5.28 Å². The zero-order valence-corrected chi connectivity index (χ0v) is 12.4. The molecule has 1 aromatic rings. The molecule has 19 heavy (non-hydrogen) atoms. The first-order valence-electron chi connectivity index (χ1n) is 6.98. The van der Waals surface area contributed by atoms with Crippen molar-refractivity contribution in [3.63, 3.8) is 0 Å². The van der Waals surface area contributed by atoms with Gasteiger partial charge in [-0.25, -0.2) is 9.97 Å². The van der Waals surface area contributed by atoms with Crippen LogP contribution >= 0.6 is 11.6 Å². The average Bonchev–Trinajstić information content (AvgIpc) is 2.37. The number of rotatable bonds is 4. The minimum atomic E-state index is -0.614. The second kappa shape index (κ2) is 6.06. The lowest BCUT2D eigenvalue weighted by Gasteiger charge is -2.36. The molecular formula is C14H22ClN3O. The highest BCUT2D eigenvalue weighted by atomic mass is 35.5.